The van der Waals surface area contributed by atoms with Gasteiger partial charge in [-0.05, 0) is 51.0 Å². The van der Waals surface area contributed by atoms with Crippen LogP contribution >= 0.6 is 0 Å². The Kier molecular flexibility index (Phi) is 4.62. The third-order valence-corrected chi connectivity index (χ3v) is 4.62. The topological polar surface area (TPSA) is 69.6 Å². The summed E-state index contributed by atoms with van der Waals surface area (Å²) in [6.07, 6.45) is 7.75. The number of aliphatic carboxylic acids is 1. The van der Waals surface area contributed by atoms with E-state index >= 15 is 0 Å². The zero-order valence-corrected chi connectivity index (χ0v) is 11.0. The van der Waals surface area contributed by atoms with Gasteiger partial charge >= 0.3 is 5.97 Å². The summed E-state index contributed by atoms with van der Waals surface area (Å²) in [5, 5.41) is 22.5. The van der Waals surface area contributed by atoms with Crippen LogP contribution in [-0.4, -0.2) is 34.9 Å². The molecule has 2 aliphatic rings. The highest BCUT2D eigenvalue weighted by atomic mass is 16.4. The maximum absolute atomic E-state index is 10.8. The minimum absolute atomic E-state index is 0.125. The van der Waals surface area contributed by atoms with Crippen molar-refractivity contribution in [3.05, 3.63) is 0 Å². The van der Waals surface area contributed by atoms with Gasteiger partial charge in [0.2, 0.25) is 0 Å². The zero-order valence-electron chi connectivity index (χ0n) is 11.0. The molecular formula is C14H25NO3. The maximum Gasteiger partial charge on any atom is 0.306 e. The van der Waals surface area contributed by atoms with Crippen LogP contribution < -0.4 is 5.32 Å². The fourth-order valence-electron chi connectivity index (χ4n) is 3.33. The van der Waals surface area contributed by atoms with Crippen LogP contribution in [-0.2, 0) is 4.79 Å². The number of nitrogens with one attached hydrogen (secondary N) is 1. The van der Waals surface area contributed by atoms with Crippen LogP contribution in [0.1, 0.15) is 51.4 Å². The van der Waals surface area contributed by atoms with Crippen molar-refractivity contribution in [2.24, 2.45) is 11.8 Å². The van der Waals surface area contributed by atoms with Crippen LogP contribution in [0.2, 0.25) is 0 Å². The molecule has 18 heavy (non-hydrogen) atoms. The first-order valence-electron chi connectivity index (χ1n) is 7.25. The fourth-order valence-corrected chi connectivity index (χ4v) is 3.33. The van der Waals surface area contributed by atoms with Gasteiger partial charge in [-0.25, -0.2) is 0 Å². The summed E-state index contributed by atoms with van der Waals surface area (Å²) < 4.78 is 0. The third-order valence-electron chi connectivity index (χ3n) is 4.62. The van der Waals surface area contributed by atoms with Gasteiger partial charge in [0.05, 0.1) is 11.5 Å². The Morgan fingerprint density at radius 3 is 2.33 bits per heavy atom. The molecule has 0 unspecified atom stereocenters. The Labute approximate surface area is 109 Å². The number of carboxylic acids is 1. The van der Waals surface area contributed by atoms with Crippen LogP contribution in [0, 0.1) is 11.8 Å². The first-order chi connectivity index (χ1) is 8.59. The second-order valence-corrected chi connectivity index (χ2v) is 6.12. The van der Waals surface area contributed by atoms with Gasteiger partial charge in [-0.1, -0.05) is 12.8 Å². The molecule has 0 radical (unpaired) electrons. The van der Waals surface area contributed by atoms with E-state index in [1.807, 2.05) is 0 Å². The van der Waals surface area contributed by atoms with Gasteiger partial charge in [0.1, 0.15) is 0 Å². The number of hydrogen-bond acceptors (Lipinski definition) is 3. The lowest BCUT2D eigenvalue weighted by molar-refractivity contribution is -0.143. The van der Waals surface area contributed by atoms with E-state index in [9.17, 15) is 9.90 Å². The average Bonchev–Trinajstić information content (AvgIpc) is 2.77. The van der Waals surface area contributed by atoms with Crippen LogP contribution in [0.3, 0.4) is 0 Å². The molecule has 2 saturated carbocycles. The molecule has 2 fully saturated rings. The van der Waals surface area contributed by atoms with E-state index in [1.165, 1.54) is 0 Å². The Morgan fingerprint density at radius 1 is 1.17 bits per heavy atom. The van der Waals surface area contributed by atoms with Gasteiger partial charge in [-0.3, -0.25) is 4.79 Å². The number of rotatable bonds is 5. The molecule has 0 spiro atoms. The monoisotopic (exact) mass is 255 g/mol. The minimum Gasteiger partial charge on any atom is -0.481 e. The molecule has 0 aliphatic heterocycles. The summed E-state index contributed by atoms with van der Waals surface area (Å²) in [7, 11) is 0. The van der Waals surface area contributed by atoms with Gasteiger partial charge in [0, 0.05) is 6.54 Å². The summed E-state index contributed by atoms with van der Waals surface area (Å²) in [6.45, 7) is 1.63. The van der Waals surface area contributed by atoms with Gasteiger partial charge < -0.3 is 15.5 Å². The summed E-state index contributed by atoms with van der Waals surface area (Å²) in [6, 6.07) is 0. The molecule has 2 aliphatic carbocycles. The van der Waals surface area contributed by atoms with E-state index in [2.05, 4.69) is 5.32 Å². The first-order valence-corrected chi connectivity index (χ1v) is 7.25. The van der Waals surface area contributed by atoms with Crippen LogP contribution in [0.25, 0.3) is 0 Å². The normalized spacial score (nSPS) is 31.4. The molecule has 0 aromatic rings. The second kappa shape index (κ2) is 6.02. The molecule has 0 atom stereocenters. The van der Waals surface area contributed by atoms with Crippen molar-refractivity contribution in [3.63, 3.8) is 0 Å². The molecule has 0 bridgehead atoms. The highest BCUT2D eigenvalue weighted by Crippen LogP contribution is 2.30. The van der Waals surface area contributed by atoms with Crippen molar-refractivity contribution in [2.75, 3.05) is 13.1 Å². The predicted octanol–water partition coefficient (Wildman–Crippen LogP) is 1.77. The average molecular weight is 255 g/mol. The number of carbonyl (C=O) groups is 1. The van der Waals surface area contributed by atoms with Gasteiger partial charge in [-0.15, -0.1) is 0 Å². The Balaban J connectivity index is 1.62. The molecule has 0 aromatic carbocycles. The zero-order chi connectivity index (χ0) is 13.0. The van der Waals surface area contributed by atoms with Crippen LogP contribution in [0.5, 0.6) is 0 Å². The fraction of sp³-hybridized carbons (Fsp3) is 0.929. The first kappa shape index (κ1) is 13.8. The van der Waals surface area contributed by atoms with E-state index in [-0.39, 0.29) is 5.92 Å². The smallest absolute Gasteiger partial charge is 0.306 e. The summed E-state index contributed by atoms with van der Waals surface area (Å²) in [5.74, 6) is -0.174. The lowest BCUT2D eigenvalue weighted by Crippen LogP contribution is -2.40. The largest absolute Gasteiger partial charge is 0.481 e. The molecule has 0 saturated heterocycles. The minimum atomic E-state index is -0.637. The van der Waals surface area contributed by atoms with E-state index in [4.69, 9.17) is 5.11 Å². The lowest BCUT2D eigenvalue weighted by Gasteiger charge is -2.28. The number of aliphatic hydroxyl groups is 1. The molecule has 2 rings (SSSR count). The maximum atomic E-state index is 10.8. The van der Waals surface area contributed by atoms with Crippen LogP contribution in [0.15, 0.2) is 0 Å². The summed E-state index contributed by atoms with van der Waals surface area (Å²) in [4.78, 5) is 10.8. The molecule has 0 heterocycles. The van der Waals surface area contributed by atoms with E-state index in [0.717, 1.165) is 57.9 Å². The van der Waals surface area contributed by atoms with Crippen LogP contribution in [0.4, 0.5) is 0 Å². The van der Waals surface area contributed by atoms with Crippen molar-refractivity contribution in [1.29, 1.82) is 0 Å². The summed E-state index contributed by atoms with van der Waals surface area (Å²) >= 11 is 0. The van der Waals surface area contributed by atoms with E-state index < -0.39 is 11.6 Å². The standard InChI is InChI=1S/C14H25NO3/c16-13(17)12-5-3-11(4-6-12)9-15-10-14(18)7-1-2-8-14/h11-12,15,18H,1-10H2,(H,16,17). The third kappa shape index (κ3) is 3.69. The van der Waals surface area contributed by atoms with Crippen molar-refractivity contribution in [2.45, 2.75) is 57.0 Å². The Morgan fingerprint density at radius 2 is 1.78 bits per heavy atom. The van der Waals surface area contributed by atoms with E-state index in [0.29, 0.717) is 12.5 Å². The van der Waals surface area contributed by atoms with Gasteiger partial charge in [-0.2, -0.15) is 0 Å². The molecule has 0 aromatic heterocycles. The highest BCUT2D eigenvalue weighted by Gasteiger charge is 2.31. The van der Waals surface area contributed by atoms with Crippen molar-refractivity contribution in [1.82, 2.24) is 5.32 Å². The Bertz CT molecular complexity index is 279. The van der Waals surface area contributed by atoms with Crippen molar-refractivity contribution in [3.8, 4) is 0 Å². The number of hydrogen-bond donors (Lipinski definition) is 3. The summed E-state index contributed by atoms with van der Waals surface area (Å²) in [5.41, 5.74) is -0.474. The highest BCUT2D eigenvalue weighted by molar-refractivity contribution is 5.69. The van der Waals surface area contributed by atoms with E-state index in [1.54, 1.807) is 0 Å². The SMILES string of the molecule is O=C(O)C1CCC(CNCC2(O)CCCC2)CC1. The molecule has 104 valence electrons. The Hall–Kier alpha value is -0.610. The second-order valence-electron chi connectivity index (χ2n) is 6.12. The van der Waals surface area contributed by atoms with Gasteiger partial charge in [0.25, 0.3) is 0 Å². The molecule has 3 N–H and O–H groups in total. The molecule has 4 nitrogen and oxygen atoms in total. The molecular weight excluding hydrogens is 230 g/mol. The van der Waals surface area contributed by atoms with Gasteiger partial charge in [0.15, 0.2) is 0 Å². The quantitative estimate of drug-likeness (QED) is 0.700. The van der Waals surface area contributed by atoms with Crippen molar-refractivity contribution >= 4 is 5.97 Å². The van der Waals surface area contributed by atoms with Crippen molar-refractivity contribution < 1.29 is 15.0 Å². The lowest BCUT2D eigenvalue weighted by atomic mass is 9.82. The predicted molar refractivity (Wildman–Crippen MR) is 69.4 cm³/mol. The molecule has 4 heteroatoms. The molecule has 0 amide bonds. The number of carboxylic acid groups (broad SMARTS) is 1.